The molecule has 7 atom stereocenters. The van der Waals surface area contributed by atoms with Crippen molar-refractivity contribution in [2.45, 2.75) is 69.9 Å². The largest absolute Gasteiger partial charge is 0.509 e. The van der Waals surface area contributed by atoms with E-state index in [1.54, 1.807) is 18.7 Å². The van der Waals surface area contributed by atoms with E-state index >= 15 is 0 Å². The molecule has 0 aromatic carbocycles. The number of nitrogen functional groups attached to an aromatic ring is 1. The Labute approximate surface area is 244 Å². The molecule has 0 spiro atoms. The number of ether oxygens (including phenoxy) is 4. The monoisotopic (exact) mass is 635 g/mol. The molecule has 0 bridgehead atoms. The number of amides is 1. The lowest BCUT2D eigenvalue weighted by molar-refractivity contribution is -0.115. The van der Waals surface area contributed by atoms with E-state index in [-0.39, 0.29) is 25.3 Å². The van der Waals surface area contributed by atoms with Crippen molar-refractivity contribution in [2.24, 2.45) is 5.73 Å². The zero-order valence-electron chi connectivity index (χ0n) is 22.7. The second kappa shape index (κ2) is 14.0. The number of nitrogens with two attached hydrogens (primary N) is 2. The number of anilines is 3. The van der Waals surface area contributed by atoms with Crippen LogP contribution < -0.4 is 27.0 Å². The molecule has 0 radical (unpaired) electrons. The van der Waals surface area contributed by atoms with Gasteiger partial charge >= 0.3 is 13.0 Å². The maximum atomic E-state index is 14.0. The molecule has 3 aliphatic heterocycles. The number of aliphatic hydroxyl groups is 2. The molecule has 18 nitrogen and oxygen atoms in total. The zero-order chi connectivity index (χ0) is 30.4. The Balaban J connectivity index is 1.45. The number of hydrogen-bond donors (Lipinski definition) is 6. The van der Waals surface area contributed by atoms with Crippen molar-refractivity contribution in [2.75, 3.05) is 35.2 Å². The summed E-state index contributed by atoms with van der Waals surface area (Å²) in [5.41, 5.74) is 11.5. The number of rotatable bonds is 13. The fraction of sp³-hybridized carbons (Fsp3) is 0.636. The van der Waals surface area contributed by atoms with Crippen molar-refractivity contribution in [1.29, 1.82) is 0 Å². The number of carbonyl (C=O) groups is 2. The van der Waals surface area contributed by atoms with Crippen LogP contribution in [0.3, 0.4) is 0 Å². The van der Waals surface area contributed by atoms with E-state index in [1.165, 1.54) is 12.5 Å². The number of aromatic nitrogens is 2. The molecule has 1 amide bonds. The summed E-state index contributed by atoms with van der Waals surface area (Å²) in [6, 6.07) is 0. The summed E-state index contributed by atoms with van der Waals surface area (Å²) >= 11 is 0.516. The van der Waals surface area contributed by atoms with E-state index in [2.05, 4.69) is 20.6 Å². The molecule has 0 aliphatic carbocycles. The van der Waals surface area contributed by atoms with Gasteiger partial charge in [-0.15, -0.1) is 0 Å². The van der Waals surface area contributed by atoms with Crippen molar-refractivity contribution in [3.8, 4) is 0 Å². The number of hydrogen-bond acceptors (Lipinski definition) is 18. The first kappa shape index (κ1) is 32.0. The molecule has 8 N–H and O–H groups in total. The van der Waals surface area contributed by atoms with Gasteiger partial charge in [0.2, 0.25) is 5.91 Å². The molecule has 42 heavy (non-hydrogen) atoms. The number of primary amides is 1. The Morgan fingerprint density at radius 1 is 1.33 bits per heavy atom. The van der Waals surface area contributed by atoms with E-state index in [1.807, 2.05) is 0 Å². The van der Waals surface area contributed by atoms with Crippen LogP contribution in [-0.2, 0) is 37.4 Å². The third kappa shape index (κ3) is 8.13. The topological polar surface area (TPSA) is 252 Å². The number of carbonyl (C=O) groups excluding carboxylic acids is 2. The van der Waals surface area contributed by atoms with E-state index in [4.69, 9.17) is 39.5 Å². The first-order valence-electron chi connectivity index (χ1n) is 12.9. The van der Waals surface area contributed by atoms with Gasteiger partial charge in [-0.1, -0.05) is 0 Å². The summed E-state index contributed by atoms with van der Waals surface area (Å²) in [5.74, 6) is -0.470. The lowest BCUT2D eigenvalue weighted by Crippen LogP contribution is -2.35. The highest BCUT2D eigenvalue weighted by Gasteiger charge is 2.47. The van der Waals surface area contributed by atoms with Gasteiger partial charge in [0.1, 0.15) is 42.8 Å². The maximum absolute atomic E-state index is 14.0. The highest BCUT2D eigenvalue weighted by molar-refractivity contribution is 8.55. The molecular formula is C22H34N7O11PS. The Hall–Kier alpha value is -2.90. The van der Waals surface area contributed by atoms with Gasteiger partial charge in [-0.25, -0.2) is 19.3 Å². The standard InChI is InChI=1S/C22H34N7O11PS/c1-11(2)36-22(33)35-10-42-41(34,39-13-6-16(37-14(13)7-30)25-4-3-15(23)32)40-21-12(31)5-17(38-21)29-9-28-18-19(24)26-8-27-20(18)29/h3-4,8,11-14,16-17,21,25,28,30-31H,5-7,9-10H2,1-2H3,(H2,23,32)(H2,24,26,27)/b4-3-/t12?,13?,14-,16-,17-,21-,41?/m1/s1. The number of nitrogens with one attached hydrogen (secondary N) is 2. The molecule has 1 aromatic rings. The Kier molecular flexibility index (Phi) is 10.7. The number of aliphatic hydroxyl groups excluding tert-OH is 2. The molecule has 1 aromatic heterocycles. The first-order chi connectivity index (χ1) is 20.0. The zero-order valence-corrected chi connectivity index (χ0v) is 24.4. The van der Waals surface area contributed by atoms with Gasteiger partial charge in [-0.05, 0) is 13.8 Å². The van der Waals surface area contributed by atoms with Crippen LogP contribution >= 0.6 is 18.2 Å². The third-order valence-electron chi connectivity index (χ3n) is 6.08. The molecule has 2 fully saturated rings. The van der Waals surface area contributed by atoms with Crippen LogP contribution in [0, 0.1) is 0 Å². The minimum absolute atomic E-state index is 0.0571. The highest BCUT2D eigenvalue weighted by atomic mass is 32.7. The fourth-order valence-corrected chi connectivity index (χ4v) is 7.19. The second-order valence-corrected chi connectivity index (χ2v) is 13.4. The third-order valence-corrected chi connectivity index (χ3v) is 9.39. The molecule has 234 valence electrons. The van der Waals surface area contributed by atoms with Crippen LogP contribution in [0.1, 0.15) is 26.7 Å². The van der Waals surface area contributed by atoms with Gasteiger partial charge in [-0.2, -0.15) is 0 Å². The predicted octanol–water partition coefficient (Wildman–Crippen LogP) is 0.140. The average molecular weight is 636 g/mol. The van der Waals surface area contributed by atoms with Crippen molar-refractivity contribution in [1.82, 2.24) is 15.3 Å². The van der Waals surface area contributed by atoms with E-state index in [0.717, 1.165) is 6.08 Å². The molecule has 4 heterocycles. The van der Waals surface area contributed by atoms with Gasteiger partial charge < -0.3 is 56.2 Å². The van der Waals surface area contributed by atoms with Gasteiger partial charge in [-0.3, -0.25) is 13.8 Å². The Bertz CT molecular complexity index is 1200. The minimum atomic E-state index is -4.29. The van der Waals surface area contributed by atoms with Gasteiger partial charge in [0.15, 0.2) is 23.9 Å². The maximum Gasteiger partial charge on any atom is 0.509 e. The smallest absolute Gasteiger partial charge is 0.432 e. The molecule has 3 unspecified atom stereocenters. The summed E-state index contributed by atoms with van der Waals surface area (Å²) < 4.78 is 47.1. The van der Waals surface area contributed by atoms with Crippen molar-refractivity contribution >= 4 is 47.6 Å². The van der Waals surface area contributed by atoms with Crippen molar-refractivity contribution in [3.05, 3.63) is 18.6 Å². The SMILES string of the molecule is CC(C)OC(=O)OCSP(=O)(OC1C[C@H](N/C=C\C(N)=O)O[C@@H]1CO)O[C@H]1O[C@@H](N2CNc3c(N)ncnc32)CC1O. The van der Waals surface area contributed by atoms with Crippen LogP contribution in [0.25, 0.3) is 0 Å². The number of nitrogens with zero attached hydrogens (tertiary/aromatic N) is 3. The van der Waals surface area contributed by atoms with Crippen LogP contribution in [0.15, 0.2) is 18.6 Å². The van der Waals surface area contributed by atoms with Gasteiger partial charge in [0.05, 0.1) is 19.4 Å². The quantitative estimate of drug-likeness (QED) is 0.0729. The molecule has 4 rings (SSSR count). The van der Waals surface area contributed by atoms with Crippen LogP contribution in [0.4, 0.5) is 22.1 Å². The van der Waals surface area contributed by atoms with Crippen LogP contribution in [-0.4, -0.2) is 94.6 Å². The van der Waals surface area contributed by atoms with Gasteiger partial charge in [0.25, 0.3) is 0 Å². The first-order valence-corrected chi connectivity index (χ1v) is 16.0. The second-order valence-electron chi connectivity index (χ2n) is 9.51. The Morgan fingerprint density at radius 2 is 2.12 bits per heavy atom. The van der Waals surface area contributed by atoms with Crippen molar-refractivity contribution < 1.29 is 52.4 Å². The highest BCUT2D eigenvalue weighted by Crippen LogP contribution is 2.64. The average Bonchev–Trinajstić information content (AvgIpc) is 3.60. The molecule has 20 heteroatoms. The predicted molar refractivity (Wildman–Crippen MR) is 147 cm³/mol. The lowest BCUT2D eigenvalue weighted by Gasteiger charge is -2.27. The van der Waals surface area contributed by atoms with Crippen molar-refractivity contribution in [3.63, 3.8) is 0 Å². The fourth-order valence-electron chi connectivity index (χ4n) is 4.25. The summed E-state index contributed by atoms with van der Waals surface area (Å²) in [5, 5.41) is 26.5. The summed E-state index contributed by atoms with van der Waals surface area (Å²) in [7, 11) is 0. The lowest BCUT2D eigenvalue weighted by atomic mass is 10.2. The molecular weight excluding hydrogens is 601 g/mol. The molecule has 0 saturated carbocycles. The van der Waals surface area contributed by atoms with E-state index in [9.17, 15) is 24.4 Å². The Morgan fingerprint density at radius 3 is 2.83 bits per heavy atom. The summed E-state index contributed by atoms with van der Waals surface area (Å²) in [4.78, 5) is 32.7. The van der Waals surface area contributed by atoms with E-state index in [0.29, 0.717) is 22.9 Å². The van der Waals surface area contributed by atoms with E-state index < -0.39 is 74.6 Å². The summed E-state index contributed by atoms with van der Waals surface area (Å²) in [6.07, 6.45) is -3.69. The molecule has 3 aliphatic rings. The van der Waals surface area contributed by atoms with Crippen LogP contribution in [0.5, 0.6) is 0 Å². The number of fused-ring (bicyclic) bond motifs is 1. The summed E-state index contributed by atoms with van der Waals surface area (Å²) in [6.45, 7) is -1.26. The minimum Gasteiger partial charge on any atom is -0.432 e. The molecule has 2 saturated heterocycles. The normalized spacial score (nSPS) is 28.5. The van der Waals surface area contributed by atoms with Crippen LogP contribution in [0.2, 0.25) is 0 Å². The van der Waals surface area contributed by atoms with Gasteiger partial charge in [0, 0.05) is 36.5 Å².